The summed E-state index contributed by atoms with van der Waals surface area (Å²) in [6, 6.07) is 29.1. The van der Waals surface area contributed by atoms with Crippen molar-refractivity contribution >= 4 is 5.91 Å². The molecule has 0 bridgehead atoms. The molecule has 164 valence electrons. The Bertz CT molecular complexity index is 1040. The molecule has 0 aliphatic carbocycles. The Hall–Kier alpha value is -3.11. The number of carbonyl (C=O) groups excluding carboxylic acids is 1. The van der Waals surface area contributed by atoms with Crippen LogP contribution in [0.5, 0.6) is 5.75 Å². The molecule has 2 saturated heterocycles. The van der Waals surface area contributed by atoms with Gasteiger partial charge in [0.05, 0.1) is 7.11 Å². The van der Waals surface area contributed by atoms with Crippen molar-refractivity contribution in [1.29, 1.82) is 0 Å². The summed E-state index contributed by atoms with van der Waals surface area (Å²) in [5.74, 6) is 1.79. The van der Waals surface area contributed by atoms with Gasteiger partial charge in [-0.2, -0.15) is 0 Å². The number of rotatable bonds is 5. The molecule has 2 fully saturated rings. The molecule has 0 saturated carbocycles. The quantitative estimate of drug-likeness (QED) is 0.586. The monoisotopic (exact) mass is 426 g/mol. The summed E-state index contributed by atoms with van der Waals surface area (Å²) in [5.41, 5.74) is 3.43. The van der Waals surface area contributed by atoms with Crippen molar-refractivity contribution in [3.05, 3.63) is 102 Å². The normalized spacial score (nSPS) is 23.0. The van der Waals surface area contributed by atoms with Crippen LogP contribution < -0.4 is 4.74 Å². The molecule has 3 aromatic rings. The lowest BCUT2D eigenvalue weighted by molar-refractivity contribution is 0.0614. The molecule has 4 heteroatoms. The third kappa shape index (κ3) is 4.15. The zero-order chi connectivity index (χ0) is 21.9. The van der Waals surface area contributed by atoms with Gasteiger partial charge in [0.15, 0.2) is 0 Å². The Kier molecular flexibility index (Phi) is 5.95. The predicted octanol–water partition coefficient (Wildman–Crippen LogP) is 4.83. The maximum absolute atomic E-state index is 13.4. The van der Waals surface area contributed by atoms with Crippen LogP contribution in [0, 0.1) is 5.92 Å². The number of methoxy groups -OCH3 is 1. The van der Waals surface area contributed by atoms with Crippen LogP contribution in [0.3, 0.4) is 0 Å². The molecular weight excluding hydrogens is 396 g/mol. The van der Waals surface area contributed by atoms with Crippen LogP contribution in [0.15, 0.2) is 84.9 Å². The van der Waals surface area contributed by atoms with Gasteiger partial charge in [0, 0.05) is 49.6 Å². The summed E-state index contributed by atoms with van der Waals surface area (Å²) in [6.45, 7) is 3.76. The molecule has 0 aromatic heterocycles. The minimum Gasteiger partial charge on any atom is -0.497 e. The summed E-state index contributed by atoms with van der Waals surface area (Å²) in [7, 11) is 1.70. The van der Waals surface area contributed by atoms with Crippen molar-refractivity contribution in [3.63, 3.8) is 0 Å². The van der Waals surface area contributed by atoms with E-state index in [0.29, 0.717) is 11.8 Å². The van der Waals surface area contributed by atoms with E-state index >= 15 is 0 Å². The molecule has 2 aliphatic rings. The summed E-state index contributed by atoms with van der Waals surface area (Å²) in [4.78, 5) is 18.2. The van der Waals surface area contributed by atoms with Gasteiger partial charge in [-0.3, -0.25) is 9.69 Å². The number of likely N-dealkylation sites (tertiary alicyclic amines) is 2. The number of nitrogens with zero attached hydrogens (tertiary/aromatic N) is 2. The summed E-state index contributed by atoms with van der Waals surface area (Å²) in [6.07, 6.45) is 1.02. The second-order valence-corrected chi connectivity index (χ2v) is 8.94. The first-order chi connectivity index (χ1) is 15.7. The third-order valence-electron chi connectivity index (χ3n) is 7.09. The second kappa shape index (κ2) is 9.17. The van der Waals surface area contributed by atoms with E-state index in [4.69, 9.17) is 4.74 Å². The number of fused-ring (bicyclic) bond motifs is 1. The number of piperidine rings is 1. The van der Waals surface area contributed by atoms with E-state index in [9.17, 15) is 4.79 Å². The first kappa shape index (κ1) is 20.8. The summed E-state index contributed by atoms with van der Waals surface area (Å²) >= 11 is 0. The van der Waals surface area contributed by atoms with E-state index in [1.165, 1.54) is 11.1 Å². The second-order valence-electron chi connectivity index (χ2n) is 8.94. The fraction of sp³-hybridized carbons (Fsp3) is 0.321. The average Bonchev–Trinajstić information content (AvgIpc) is 3.23. The number of carbonyl (C=O) groups is 1. The van der Waals surface area contributed by atoms with Crippen molar-refractivity contribution in [2.75, 3.05) is 26.7 Å². The van der Waals surface area contributed by atoms with Crippen LogP contribution in [0.1, 0.15) is 33.8 Å². The Balaban J connectivity index is 1.41. The zero-order valence-electron chi connectivity index (χ0n) is 18.6. The molecule has 4 nitrogen and oxygen atoms in total. The van der Waals surface area contributed by atoms with E-state index < -0.39 is 0 Å². The maximum atomic E-state index is 13.4. The largest absolute Gasteiger partial charge is 0.497 e. The topological polar surface area (TPSA) is 32.8 Å². The SMILES string of the molecule is COc1ccc([C@H]2CN(C(=O)c3ccccc3)[C@@H]3CCN(Cc4ccccc4)C[C@H]23)cc1. The average molecular weight is 427 g/mol. The smallest absolute Gasteiger partial charge is 0.254 e. The molecule has 3 atom stereocenters. The van der Waals surface area contributed by atoms with Crippen LogP contribution in [0.4, 0.5) is 0 Å². The van der Waals surface area contributed by atoms with E-state index in [2.05, 4.69) is 52.3 Å². The standard InChI is InChI=1S/C28H30N2O2/c1-32-24-14-12-22(13-15-24)25-20-30(28(31)23-10-6-3-7-11-23)27-16-17-29(19-26(25)27)18-21-8-4-2-5-9-21/h2-15,25-27H,16-20H2,1H3/t25-,26-,27-/m1/s1. The predicted molar refractivity (Wildman–Crippen MR) is 127 cm³/mol. The Morgan fingerprint density at radius 3 is 2.28 bits per heavy atom. The Labute approximate surface area is 190 Å². The number of ether oxygens (including phenoxy) is 1. The van der Waals surface area contributed by atoms with Crippen molar-refractivity contribution in [1.82, 2.24) is 9.80 Å². The maximum Gasteiger partial charge on any atom is 0.254 e. The van der Waals surface area contributed by atoms with Crippen LogP contribution in [-0.2, 0) is 6.54 Å². The molecule has 2 heterocycles. The zero-order valence-corrected chi connectivity index (χ0v) is 18.6. The summed E-state index contributed by atoms with van der Waals surface area (Å²) < 4.78 is 5.37. The van der Waals surface area contributed by atoms with E-state index in [-0.39, 0.29) is 11.9 Å². The highest BCUT2D eigenvalue weighted by atomic mass is 16.5. The highest BCUT2D eigenvalue weighted by molar-refractivity contribution is 5.94. The highest BCUT2D eigenvalue weighted by Gasteiger charge is 2.47. The number of amides is 1. The van der Waals surface area contributed by atoms with Crippen LogP contribution in [-0.4, -0.2) is 48.5 Å². The van der Waals surface area contributed by atoms with Crippen LogP contribution in [0.25, 0.3) is 0 Å². The first-order valence-corrected chi connectivity index (χ1v) is 11.5. The fourth-order valence-corrected chi connectivity index (χ4v) is 5.47. The first-order valence-electron chi connectivity index (χ1n) is 11.5. The van der Waals surface area contributed by atoms with Gasteiger partial charge in [-0.05, 0) is 41.8 Å². The third-order valence-corrected chi connectivity index (χ3v) is 7.09. The molecule has 0 unspecified atom stereocenters. The van der Waals surface area contributed by atoms with Gasteiger partial charge in [-0.15, -0.1) is 0 Å². The molecule has 5 rings (SSSR count). The minimum atomic E-state index is 0.160. The van der Waals surface area contributed by atoms with Crippen LogP contribution >= 0.6 is 0 Å². The molecule has 1 amide bonds. The lowest BCUT2D eigenvalue weighted by atomic mass is 9.81. The molecular formula is C28H30N2O2. The number of benzene rings is 3. The molecule has 2 aliphatic heterocycles. The Morgan fingerprint density at radius 2 is 1.59 bits per heavy atom. The molecule has 32 heavy (non-hydrogen) atoms. The molecule has 3 aromatic carbocycles. The molecule has 0 radical (unpaired) electrons. The van der Waals surface area contributed by atoms with Gasteiger partial charge in [-0.1, -0.05) is 60.7 Å². The van der Waals surface area contributed by atoms with Crippen molar-refractivity contribution in [2.45, 2.75) is 24.9 Å². The fourth-order valence-electron chi connectivity index (χ4n) is 5.47. The van der Waals surface area contributed by atoms with Gasteiger partial charge in [0.1, 0.15) is 5.75 Å². The highest BCUT2D eigenvalue weighted by Crippen LogP contribution is 2.42. The number of hydrogen-bond donors (Lipinski definition) is 0. The van der Waals surface area contributed by atoms with Gasteiger partial charge < -0.3 is 9.64 Å². The van der Waals surface area contributed by atoms with Crippen molar-refractivity contribution in [2.24, 2.45) is 5.92 Å². The Morgan fingerprint density at radius 1 is 0.906 bits per heavy atom. The van der Waals surface area contributed by atoms with E-state index in [0.717, 1.165) is 43.9 Å². The number of hydrogen-bond acceptors (Lipinski definition) is 3. The van der Waals surface area contributed by atoms with E-state index in [1.807, 2.05) is 42.5 Å². The molecule has 0 spiro atoms. The van der Waals surface area contributed by atoms with Crippen molar-refractivity contribution < 1.29 is 9.53 Å². The van der Waals surface area contributed by atoms with Gasteiger partial charge in [0.2, 0.25) is 0 Å². The minimum absolute atomic E-state index is 0.160. The summed E-state index contributed by atoms with van der Waals surface area (Å²) in [5, 5.41) is 0. The van der Waals surface area contributed by atoms with Crippen molar-refractivity contribution in [3.8, 4) is 5.75 Å². The molecule has 0 N–H and O–H groups in total. The van der Waals surface area contributed by atoms with Gasteiger partial charge >= 0.3 is 0 Å². The van der Waals surface area contributed by atoms with Gasteiger partial charge in [0.25, 0.3) is 5.91 Å². The van der Waals surface area contributed by atoms with Crippen LogP contribution in [0.2, 0.25) is 0 Å². The van der Waals surface area contributed by atoms with E-state index in [1.54, 1.807) is 7.11 Å². The van der Waals surface area contributed by atoms with Gasteiger partial charge in [-0.25, -0.2) is 0 Å². The lowest BCUT2D eigenvalue weighted by Gasteiger charge is -2.39. The lowest BCUT2D eigenvalue weighted by Crippen LogP contribution is -2.47.